The number of benzene rings is 1. The zero-order valence-corrected chi connectivity index (χ0v) is 12.4. The quantitative estimate of drug-likeness (QED) is 0.748. The molecule has 0 amide bonds. The first-order chi connectivity index (χ1) is 9.79. The van der Waals surface area contributed by atoms with Crippen molar-refractivity contribution in [3.63, 3.8) is 0 Å². The summed E-state index contributed by atoms with van der Waals surface area (Å²) >= 11 is 0. The van der Waals surface area contributed by atoms with Gasteiger partial charge < -0.3 is 9.64 Å². The van der Waals surface area contributed by atoms with Gasteiger partial charge in [-0.1, -0.05) is 30.3 Å². The molecular formula is C17H25NO2. The number of aryl methyl sites for hydroxylation is 1. The van der Waals surface area contributed by atoms with Gasteiger partial charge in [-0.05, 0) is 51.3 Å². The first kappa shape index (κ1) is 15.0. The maximum atomic E-state index is 11.8. The van der Waals surface area contributed by atoms with Crippen LogP contribution in [0, 0.1) is 5.92 Å². The highest BCUT2D eigenvalue weighted by molar-refractivity contribution is 5.72. The van der Waals surface area contributed by atoms with Crippen molar-refractivity contribution in [3.05, 3.63) is 35.9 Å². The molecule has 1 saturated heterocycles. The van der Waals surface area contributed by atoms with E-state index in [2.05, 4.69) is 35.2 Å². The number of carbonyl (C=O) groups excluding carboxylic acids is 1. The van der Waals surface area contributed by atoms with Crippen molar-refractivity contribution in [2.24, 2.45) is 5.92 Å². The summed E-state index contributed by atoms with van der Waals surface area (Å²) < 4.78 is 5.14. The van der Waals surface area contributed by atoms with E-state index in [1.54, 1.807) is 0 Å². The topological polar surface area (TPSA) is 29.5 Å². The molecule has 0 N–H and O–H groups in total. The van der Waals surface area contributed by atoms with Gasteiger partial charge in [-0.15, -0.1) is 0 Å². The van der Waals surface area contributed by atoms with Gasteiger partial charge in [0, 0.05) is 6.54 Å². The smallest absolute Gasteiger partial charge is 0.310 e. The van der Waals surface area contributed by atoms with Crippen molar-refractivity contribution in [2.75, 3.05) is 26.2 Å². The number of piperidine rings is 1. The van der Waals surface area contributed by atoms with Crippen molar-refractivity contribution in [1.29, 1.82) is 0 Å². The number of ether oxygens (including phenoxy) is 1. The first-order valence-electron chi connectivity index (χ1n) is 7.72. The van der Waals surface area contributed by atoms with Gasteiger partial charge in [-0.2, -0.15) is 0 Å². The van der Waals surface area contributed by atoms with Gasteiger partial charge in [0.2, 0.25) is 0 Å². The SMILES string of the molecule is CCOC(=O)[C@@H]1CCCN(CCCc2ccccc2)C1. The molecule has 0 spiro atoms. The molecule has 1 atom stereocenters. The Morgan fingerprint density at radius 2 is 2.15 bits per heavy atom. The Morgan fingerprint density at radius 1 is 1.35 bits per heavy atom. The molecule has 0 bridgehead atoms. The molecule has 20 heavy (non-hydrogen) atoms. The predicted molar refractivity (Wildman–Crippen MR) is 80.6 cm³/mol. The largest absolute Gasteiger partial charge is 0.466 e. The maximum absolute atomic E-state index is 11.8. The molecule has 0 aromatic heterocycles. The van der Waals surface area contributed by atoms with Gasteiger partial charge in [-0.3, -0.25) is 4.79 Å². The second-order valence-electron chi connectivity index (χ2n) is 5.48. The average Bonchev–Trinajstić information content (AvgIpc) is 2.49. The lowest BCUT2D eigenvalue weighted by Crippen LogP contribution is -2.39. The van der Waals surface area contributed by atoms with Crippen LogP contribution in [0.5, 0.6) is 0 Å². The minimum atomic E-state index is -0.0136. The Balaban J connectivity index is 1.71. The average molecular weight is 275 g/mol. The van der Waals surface area contributed by atoms with Gasteiger partial charge in [0.1, 0.15) is 0 Å². The third-order valence-electron chi connectivity index (χ3n) is 3.91. The number of nitrogens with zero attached hydrogens (tertiary/aromatic N) is 1. The monoisotopic (exact) mass is 275 g/mol. The van der Waals surface area contributed by atoms with Crippen LogP contribution in [0.4, 0.5) is 0 Å². The zero-order chi connectivity index (χ0) is 14.2. The van der Waals surface area contributed by atoms with Crippen molar-refractivity contribution in [2.45, 2.75) is 32.6 Å². The molecule has 0 saturated carbocycles. The Labute approximate surface area is 121 Å². The zero-order valence-electron chi connectivity index (χ0n) is 12.4. The molecule has 1 fully saturated rings. The van der Waals surface area contributed by atoms with Crippen LogP contribution in [0.15, 0.2) is 30.3 Å². The van der Waals surface area contributed by atoms with Crippen molar-refractivity contribution < 1.29 is 9.53 Å². The molecular weight excluding hydrogens is 250 g/mol. The Hall–Kier alpha value is -1.35. The van der Waals surface area contributed by atoms with Crippen molar-refractivity contribution >= 4 is 5.97 Å². The lowest BCUT2D eigenvalue weighted by Gasteiger charge is -2.31. The van der Waals surface area contributed by atoms with Crippen molar-refractivity contribution in [3.8, 4) is 0 Å². The summed E-state index contributed by atoms with van der Waals surface area (Å²) in [6.07, 6.45) is 4.35. The lowest BCUT2D eigenvalue weighted by atomic mass is 9.98. The van der Waals surface area contributed by atoms with E-state index in [4.69, 9.17) is 4.74 Å². The third-order valence-corrected chi connectivity index (χ3v) is 3.91. The van der Waals surface area contributed by atoms with Gasteiger partial charge in [0.15, 0.2) is 0 Å². The fourth-order valence-electron chi connectivity index (χ4n) is 2.86. The number of likely N-dealkylation sites (tertiary alicyclic amines) is 1. The molecule has 1 aromatic carbocycles. The van der Waals surface area contributed by atoms with E-state index in [1.807, 2.05) is 6.92 Å². The maximum Gasteiger partial charge on any atom is 0.310 e. The Bertz CT molecular complexity index is 405. The third kappa shape index (κ3) is 4.64. The summed E-state index contributed by atoms with van der Waals surface area (Å²) in [6.45, 7) is 5.42. The molecule has 3 heteroatoms. The normalized spacial score (nSPS) is 19.8. The minimum Gasteiger partial charge on any atom is -0.466 e. The second-order valence-corrected chi connectivity index (χ2v) is 5.48. The van der Waals surface area contributed by atoms with E-state index >= 15 is 0 Å². The van der Waals surface area contributed by atoms with Gasteiger partial charge in [0.05, 0.1) is 12.5 Å². The van der Waals surface area contributed by atoms with E-state index < -0.39 is 0 Å². The summed E-state index contributed by atoms with van der Waals surface area (Å²) in [7, 11) is 0. The molecule has 1 aliphatic rings. The highest BCUT2D eigenvalue weighted by Gasteiger charge is 2.26. The summed E-state index contributed by atoms with van der Waals surface area (Å²) in [5, 5.41) is 0. The summed E-state index contributed by atoms with van der Waals surface area (Å²) in [5.41, 5.74) is 1.39. The second kappa shape index (κ2) is 8.05. The Kier molecular flexibility index (Phi) is 6.06. The van der Waals surface area contributed by atoms with Crippen LogP contribution in [-0.4, -0.2) is 37.1 Å². The van der Waals surface area contributed by atoms with Crippen LogP contribution in [0.3, 0.4) is 0 Å². The molecule has 1 aliphatic heterocycles. The van der Waals surface area contributed by atoms with Crippen LogP contribution in [0.1, 0.15) is 31.7 Å². The number of esters is 1. The van der Waals surface area contributed by atoms with Crippen LogP contribution < -0.4 is 0 Å². The highest BCUT2D eigenvalue weighted by atomic mass is 16.5. The molecule has 0 unspecified atom stereocenters. The van der Waals surface area contributed by atoms with Crippen LogP contribution >= 0.6 is 0 Å². The van der Waals surface area contributed by atoms with Crippen LogP contribution in [-0.2, 0) is 16.0 Å². The fraction of sp³-hybridized carbons (Fsp3) is 0.588. The van der Waals surface area contributed by atoms with E-state index in [0.29, 0.717) is 6.61 Å². The number of rotatable bonds is 6. The van der Waals surface area contributed by atoms with Crippen LogP contribution in [0.25, 0.3) is 0 Å². The summed E-state index contributed by atoms with van der Waals surface area (Å²) in [5.74, 6) is 0.0701. The predicted octanol–water partition coefficient (Wildman–Crippen LogP) is 2.89. The molecule has 0 aliphatic carbocycles. The van der Waals surface area contributed by atoms with E-state index in [-0.39, 0.29) is 11.9 Å². The lowest BCUT2D eigenvalue weighted by molar-refractivity contribution is -0.149. The number of carbonyl (C=O) groups is 1. The molecule has 1 aromatic rings. The standard InChI is InChI=1S/C17H25NO2/c1-2-20-17(19)16-11-7-13-18(14-16)12-6-10-15-8-4-3-5-9-15/h3-5,8-9,16H,2,6-7,10-14H2,1H3/t16-/m1/s1. The minimum absolute atomic E-state index is 0.0136. The van der Waals surface area contributed by atoms with Gasteiger partial charge >= 0.3 is 5.97 Å². The Morgan fingerprint density at radius 3 is 2.90 bits per heavy atom. The number of hydrogen-bond donors (Lipinski definition) is 0. The van der Waals surface area contributed by atoms with Gasteiger partial charge in [0.25, 0.3) is 0 Å². The summed E-state index contributed by atoms with van der Waals surface area (Å²) in [4.78, 5) is 14.2. The molecule has 2 rings (SSSR count). The molecule has 3 nitrogen and oxygen atoms in total. The van der Waals surface area contributed by atoms with Gasteiger partial charge in [-0.25, -0.2) is 0 Å². The fourth-order valence-corrected chi connectivity index (χ4v) is 2.86. The van der Waals surface area contributed by atoms with E-state index in [9.17, 15) is 4.79 Å². The highest BCUT2D eigenvalue weighted by Crippen LogP contribution is 2.18. The van der Waals surface area contributed by atoms with Crippen molar-refractivity contribution in [1.82, 2.24) is 4.90 Å². The molecule has 1 heterocycles. The molecule has 110 valence electrons. The van der Waals surface area contributed by atoms with E-state index in [0.717, 1.165) is 45.3 Å². The first-order valence-corrected chi connectivity index (χ1v) is 7.72. The molecule has 0 radical (unpaired) electrons. The number of hydrogen-bond acceptors (Lipinski definition) is 3. The van der Waals surface area contributed by atoms with Crippen LogP contribution in [0.2, 0.25) is 0 Å². The van der Waals surface area contributed by atoms with E-state index in [1.165, 1.54) is 5.56 Å². The summed E-state index contributed by atoms with van der Waals surface area (Å²) in [6, 6.07) is 10.6.